The van der Waals surface area contributed by atoms with Crippen LogP contribution in [0.15, 0.2) is 36.9 Å². The molecule has 2 aromatic rings. The van der Waals surface area contributed by atoms with Crippen LogP contribution in [0.4, 0.5) is 4.39 Å². The van der Waals surface area contributed by atoms with Crippen molar-refractivity contribution in [3.05, 3.63) is 53.9 Å². The smallest absolute Gasteiger partial charge is 0.146 e. The Bertz CT molecular complexity index is 548. The molecule has 0 spiro atoms. The number of ether oxygens (including phenoxy) is 1. The molecule has 0 saturated heterocycles. The summed E-state index contributed by atoms with van der Waals surface area (Å²) >= 11 is 0. The largest absolute Gasteiger partial charge is 0.492 e. The molecule has 0 aliphatic heterocycles. The van der Waals surface area contributed by atoms with Crippen LogP contribution in [0.1, 0.15) is 24.1 Å². The van der Waals surface area contributed by atoms with Gasteiger partial charge in [-0.15, -0.1) is 0 Å². The number of nitrogens with one attached hydrogen (secondary N) is 1. The van der Waals surface area contributed by atoms with Gasteiger partial charge in [0, 0.05) is 18.0 Å². The van der Waals surface area contributed by atoms with Crippen molar-refractivity contribution in [3.8, 4) is 5.75 Å². The number of hydrogen-bond acceptors (Lipinski definition) is 4. The van der Waals surface area contributed by atoms with Gasteiger partial charge in [0.15, 0.2) is 0 Å². The fourth-order valence-electron chi connectivity index (χ4n) is 1.96. The molecule has 0 aliphatic rings. The Morgan fingerprint density at radius 1 is 1.32 bits per heavy atom. The SMILES string of the molecule is CCOc1cncc(C(NC)c2ccncc2F)c1. The highest BCUT2D eigenvalue weighted by Gasteiger charge is 2.17. The van der Waals surface area contributed by atoms with Gasteiger partial charge in [0.05, 0.1) is 25.0 Å². The average molecular weight is 261 g/mol. The summed E-state index contributed by atoms with van der Waals surface area (Å²) < 4.78 is 19.2. The van der Waals surface area contributed by atoms with E-state index in [0.717, 1.165) is 5.56 Å². The molecule has 5 heteroatoms. The zero-order chi connectivity index (χ0) is 13.7. The summed E-state index contributed by atoms with van der Waals surface area (Å²) in [5, 5.41) is 3.08. The Hall–Kier alpha value is -2.01. The van der Waals surface area contributed by atoms with E-state index in [0.29, 0.717) is 17.9 Å². The predicted octanol–water partition coefficient (Wildman–Crippen LogP) is 2.32. The number of hydrogen-bond donors (Lipinski definition) is 1. The Kier molecular flexibility index (Phi) is 4.41. The molecule has 100 valence electrons. The van der Waals surface area contributed by atoms with Crippen LogP contribution >= 0.6 is 0 Å². The summed E-state index contributed by atoms with van der Waals surface area (Å²) in [7, 11) is 1.78. The molecule has 2 aromatic heterocycles. The van der Waals surface area contributed by atoms with Crippen LogP contribution in [0.3, 0.4) is 0 Å². The van der Waals surface area contributed by atoms with Crippen LogP contribution in [0.5, 0.6) is 5.75 Å². The third-order valence-corrected chi connectivity index (χ3v) is 2.78. The molecule has 0 aromatic carbocycles. The molecule has 1 N–H and O–H groups in total. The molecule has 2 heterocycles. The van der Waals surface area contributed by atoms with Gasteiger partial charge in [0.2, 0.25) is 0 Å². The van der Waals surface area contributed by atoms with Crippen LogP contribution < -0.4 is 10.1 Å². The Morgan fingerprint density at radius 2 is 2.16 bits per heavy atom. The van der Waals surface area contributed by atoms with E-state index < -0.39 is 0 Å². The minimum Gasteiger partial charge on any atom is -0.492 e. The molecule has 0 saturated carbocycles. The topological polar surface area (TPSA) is 47.0 Å². The van der Waals surface area contributed by atoms with Crippen molar-refractivity contribution in [2.75, 3.05) is 13.7 Å². The van der Waals surface area contributed by atoms with Crippen LogP contribution in [0, 0.1) is 5.82 Å². The lowest BCUT2D eigenvalue weighted by atomic mass is 10.0. The summed E-state index contributed by atoms with van der Waals surface area (Å²) in [6.45, 7) is 2.48. The first-order valence-corrected chi connectivity index (χ1v) is 6.10. The van der Waals surface area contributed by atoms with E-state index in [1.807, 2.05) is 13.0 Å². The van der Waals surface area contributed by atoms with Crippen molar-refractivity contribution in [1.82, 2.24) is 15.3 Å². The van der Waals surface area contributed by atoms with Gasteiger partial charge in [-0.1, -0.05) is 0 Å². The molecule has 4 nitrogen and oxygen atoms in total. The Balaban J connectivity index is 2.37. The van der Waals surface area contributed by atoms with Crippen LogP contribution in [-0.2, 0) is 0 Å². The standard InChI is InChI=1S/C14H16FN3O/c1-3-19-11-6-10(7-18-8-11)14(16-2)12-4-5-17-9-13(12)15/h4-9,14,16H,3H2,1-2H3. The van der Waals surface area contributed by atoms with Gasteiger partial charge in [0.1, 0.15) is 11.6 Å². The van der Waals surface area contributed by atoms with Gasteiger partial charge in [0.25, 0.3) is 0 Å². The maximum absolute atomic E-state index is 13.8. The quantitative estimate of drug-likeness (QED) is 0.897. The zero-order valence-electron chi connectivity index (χ0n) is 10.9. The molecular formula is C14H16FN3O. The number of rotatable bonds is 5. The number of aromatic nitrogens is 2. The van der Waals surface area contributed by atoms with E-state index in [1.54, 1.807) is 31.7 Å². The Morgan fingerprint density at radius 3 is 2.84 bits per heavy atom. The summed E-state index contributed by atoms with van der Waals surface area (Å²) in [5.41, 5.74) is 1.38. The maximum Gasteiger partial charge on any atom is 0.146 e. The van der Waals surface area contributed by atoms with Gasteiger partial charge in [-0.25, -0.2) is 4.39 Å². The second-order valence-electron chi connectivity index (χ2n) is 4.01. The lowest BCUT2D eigenvalue weighted by Crippen LogP contribution is -2.19. The third-order valence-electron chi connectivity index (χ3n) is 2.78. The first kappa shape index (κ1) is 13.4. The van der Waals surface area contributed by atoms with Gasteiger partial charge < -0.3 is 10.1 Å². The summed E-state index contributed by atoms with van der Waals surface area (Å²) in [6.07, 6.45) is 6.12. The van der Waals surface area contributed by atoms with E-state index in [-0.39, 0.29) is 11.9 Å². The number of nitrogens with zero attached hydrogens (tertiary/aromatic N) is 2. The summed E-state index contributed by atoms with van der Waals surface area (Å²) in [6, 6.07) is 3.23. The zero-order valence-corrected chi connectivity index (χ0v) is 10.9. The number of pyridine rings is 2. The molecule has 19 heavy (non-hydrogen) atoms. The monoisotopic (exact) mass is 261 g/mol. The van der Waals surface area contributed by atoms with Crippen LogP contribution in [-0.4, -0.2) is 23.6 Å². The molecule has 0 fully saturated rings. The van der Waals surface area contributed by atoms with E-state index in [4.69, 9.17) is 4.74 Å². The number of halogens is 1. The maximum atomic E-state index is 13.8. The highest BCUT2D eigenvalue weighted by atomic mass is 19.1. The fraction of sp³-hybridized carbons (Fsp3) is 0.286. The lowest BCUT2D eigenvalue weighted by Gasteiger charge is -2.18. The summed E-state index contributed by atoms with van der Waals surface area (Å²) in [4.78, 5) is 7.88. The fourth-order valence-corrected chi connectivity index (χ4v) is 1.96. The van der Waals surface area contributed by atoms with Gasteiger partial charge in [-0.2, -0.15) is 0 Å². The normalized spacial score (nSPS) is 12.2. The van der Waals surface area contributed by atoms with Gasteiger partial charge >= 0.3 is 0 Å². The second kappa shape index (κ2) is 6.24. The molecule has 0 aliphatic carbocycles. The molecular weight excluding hydrogens is 245 g/mol. The van der Waals surface area contributed by atoms with Crippen LogP contribution in [0.25, 0.3) is 0 Å². The minimum atomic E-state index is -0.344. The van der Waals surface area contributed by atoms with Crippen molar-refractivity contribution < 1.29 is 9.13 Å². The molecule has 0 bridgehead atoms. The highest BCUT2D eigenvalue weighted by molar-refractivity contribution is 5.33. The molecule has 0 radical (unpaired) electrons. The third kappa shape index (κ3) is 3.06. The Labute approximate surface area is 111 Å². The lowest BCUT2D eigenvalue weighted by molar-refractivity contribution is 0.338. The first-order valence-electron chi connectivity index (χ1n) is 6.10. The van der Waals surface area contributed by atoms with Crippen molar-refractivity contribution >= 4 is 0 Å². The summed E-state index contributed by atoms with van der Waals surface area (Å²) in [5.74, 6) is 0.332. The van der Waals surface area contributed by atoms with Crippen molar-refractivity contribution in [2.24, 2.45) is 0 Å². The van der Waals surface area contributed by atoms with Crippen molar-refractivity contribution in [3.63, 3.8) is 0 Å². The highest BCUT2D eigenvalue weighted by Crippen LogP contribution is 2.25. The van der Waals surface area contributed by atoms with Crippen LogP contribution in [0.2, 0.25) is 0 Å². The van der Waals surface area contributed by atoms with Crippen molar-refractivity contribution in [2.45, 2.75) is 13.0 Å². The molecule has 0 amide bonds. The van der Waals surface area contributed by atoms with E-state index in [2.05, 4.69) is 15.3 Å². The molecule has 1 unspecified atom stereocenters. The average Bonchev–Trinajstić information content (AvgIpc) is 2.43. The first-order chi connectivity index (χ1) is 9.26. The minimum absolute atomic E-state index is 0.282. The van der Waals surface area contributed by atoms with E-state index in [1.165, 1.54) is 6.20 Å². The molecule has 1 atom stereocenters. The predicted molar refractivity (Wildman–Crippen MR) is 70.5 cm³/mol. The van der Waals surface area contributed by atoms with E-state index >= 15 is 0 Å². The molecule has 2 rings (SSSR count). The van der Waals surface area contributed by atoms with E-state index in [9.17, 15) is 4.39 Å². The second-order valence-corrected chi connectivity index (χ2v) is 4.01. The van der Waals surface area contributed by atoms with Gasteiger partial charge in [-0.3, -0.25) is 9.97 Å². The van der Waals surface area contributed by atoms with Crippen molar-refractivity contribution in [1.29, 1.82) is 0 Å². The van der Waals surface area contributed by atoms with Gasteiger partial charge in [-0.05, 0) is 31.7 Å².